The van der Waals surface area contributed by atoms with Crippen LogP contribution in [-0.4, -0.2) is 9.67 Å². The molecular formula is C19H16ClFN2O. The molecule has 0 aliphatic carbocycles. The summed E-state index contributed by atoms with van der Waals surface area (Å²) in [5.41, 5.74) is 1.60. The van der Waals surface area contributed by atoms with E-state index in [1.807, 2.05) is 24.5 Å². The van der Waals surface area contributed by atoms with E-state index in [1.165, 1.54) is 12.1 Å². The van der Waals surface area contributed by atoms with E-state index in [-0.39, 0.29) is 18.0 Å². The minimum absolute atomic E-state index is 0.0763. The van der Waals surface area contributed by atoms with E-state index in [2.05, 4.69) is 6.07 Å². The molecule has 0 unspecified atom stereocenters. The first-order valence-electron chi connectivity index (χ1n) is 7.52. The molecule has 0 aliphatic rings. The van der Waals surface area contributed by atoms with Crippen LogP contribution in [0.5, 0.6) is 5.75 Å². The fraction of sp³-hybridized carbons (Fsp3) is 0.211. The highest BCUT2D eigenvalue weighted by molar-refractivity contribution is 6.37. The van der Waals surface area contributed by atoms with Crippen LogP contribution in [0.25, 0.3) is 16.6 Å². The molecule has 1 aromatic heterocycles. The molecule has 0 fully saturated rings. The number of hydrogen-bond donors (Lipinski definition) is 1. The third-order valence-corrected chi connectivity index (χ3v) is 4.53. The molecule has 3 aromatic rings. The van der Waals surface area contributed by atoms with E-state index >= 15 is 0 Å². The van der Waals surface area contributed by atoms with Crippen molar-refractivity contribution in [2.45, 2.75) is 25.7 Å². The van der Waals surface area contributed by atoms with Gasteiger partial charge in [-0.05, 0) is 36.4 Å². The van der Waals surface area contributed by atoms with Crippen molar-refractivity contribution in [2.75, 3.05) is 0 Å². The lowest BCUT2D eigenvalue weighted by Crippen LogP contribution is -2.21. The van der Waals surface area contributed by atoms with E-state index in [4.69, 9.17) is 11.6 Å². The van der Waals surface area contributed by atoms with Crippen LogP contribution in [0.15, 0.2) is 42.5 Å². The molecule has 0 saturated carbocycles. The standard InChI is InChI=1S/C19H16ClFN2O/c1-19(2,10-11-22)18-17(20)16-14(4-3-5-15(16)24)23(18)13-8-6-12(21)7-9-13/h3-9,24H,10H2,1-2H3. The monoisotopic (exact) mass is 342 g/mol. The van der Waals surface area contributed by atoms with Crippen molar-refractivity contribution < 1.29 is 9.50 Å². The van der Waals surface area contributed by atoms with Crippen molar-refractivity contribution in [3.63, 3.8) is 0 Å². The maximum Gasteiger partial charge on any atom is 0.126 e. The number of rotatable bonds is 3. The molecule has 1 N–H and O–H groups in total. The zero-order chi connectivity index (χ0) is 17.5. The van der Waals surface area contributed by atoms with Gasteiger partial charge in [0.15, 0.2) is 0 Å². The Morgan fingerprint density at radius 3 is 2.50 bits per heavy atom. The molecule has 122 valence electrons. The molecule has 0 aliphatic heterocycles. The van der Waals surface area contributed by atoms with Crippen LogP contribution in [0.1, 0.15) is 26.0 Å². The number of aromatic hydroxyl groups is 1. The number of phenolic OH excluding ortho intramolecular Hbond substituents is 1. The van der Waals surface area contributed by atoms with Crippen LogP contribution in [0.3, 0.4) is 0 Å². The summed E-state index contributed by atoms with van der Waals surface area (Å²) in [5.74, 6) is -0.255. The van der Waals surface area contributed by atoms with Crippen LogP contribution in [0, 0.1) is 17.1 Å². The first-order chi connectivity index (χ1) is 11.4. The van der Waals surface area contributed by atoms with Gasteiger partial charge in [0.25, 0.3) is 0 Å². The highest BCUT2D eigenvalue weighted by Gasteiger charge is 2.31. The van der Waals surface area contributed by atoms with Gasteiger partial charge in [-0.25, -0.2) is 4.39 Å². The summed E-state index contributed by atoms with van der Waals surface area (Å²) in [6.45, 7) is 3.85. The van der Waals surface area contributed by atoms with Gasteiger partial charge in [0.2, 0.25) is 0 Å². The predicted molar refractivity (Wildman–Crippen MR) is 93.2 cm³/mol. The number of halogens is 2. The van der Waals surface area contributed by atoms with Gasteiger partial charge < -0.3 is 9.67 Å². The van der Waals surface area contributed by atoms with Crippen LogP contribution in [-0.2, 0) is 5.41 Å². The number of fused-ring (bicyclic) bond motifs is 1. The van der Waals surface area contributed by atoms with Crippen molar-refractivity contribution in [1.29, 1.82) is 5.26 Å². The molecule has 0 bridgehead atoms. The molecule has 3 nitrogen and oxygen atoms in total. The lowest BCUT2D eigenvalue weighted by Gasteiger charge is -2.25. The van der Waals surface area contributed by atoms with E-state index in [9.17, 15) is 14.8 Å². The van der Waals surface area contributed by atoms with Gasteiger partial charge in [-0.3, -0.25) is 0 Å². The first-order valence-corrected chi connectivity index (χ1v) is 7.90. The molecule has 0 radical (unpaired) electrons. The van der Waals surface area contributed by atoms with Crippen molar-refractivity contribution in [1.82, 2.24) is 4.57 Å². The number of nitrogens with zero attached hydrogens (tertiary/aromatic N) is 2. The molecule has 0 amide bonds. The zero-order valence-electron chi connectivity index (χ0n) is 13.3. The second-order valence-electron chi connectivity index (χ2n) is 6.36. The Morgan fingerprint density at radius 1 is 1.21 bits per heavy atom. The van der Waals surface area contributed by atoms with Crippen LogP contribution >= 0.6 is 11.6 Å². The quantitative estimate of drug-likeness (QED) is 0.700. The number of benzene rings is 2. The molecule has 0 atom stereocenters. The summed E-state index contributed by atoms with van der Waals surface area (Å²) in [5, 5.41) is 20.4. The summed E-state index contributed by atoms with van der Waals surface area (Å²) in [6.07, 6.45) is 0.255. The number of nitriles is 1. The van der Waals surface area contributed by atoms with Gasteiger partial charge in [0, 0.05) is 23.2 Å². The third kappa shape index (κ3) is 2.51. The summed E-state index contributed by atoms with van der Waals surface area (Å²) in [4.78, 5) is 0. The van der Waals surface area contributed by atoms with Gasteiger partial charge in [0.1, 0.15) is 11.6 Å². The molecule has 1 heterocycles. The van der Waals surface area contributed by atoms with E-state index in [0.29, 0.717) is 21.6 Å². The lowest BCUT2D eigenvalue weighted by molar-refractivity contribution is 0.481. The number of phenols is 1. The maximum absolute atomic E-state index is 13.3. The van der Waals surface area contributed by atoms with Crippen LogP contribution in [0.2, 0.25) is 5.02 Å². The normalized spacial score (nSPS) is 11.6. The van der Waals surface area contributed by atoms with Gasteiger partial charge >= 0.3 is 0 Å². The fourth-order valence-corrected chi connectivity index (χ4v) is 3.55. The number of aromatic nitrogens is 1. The van der Waals surface area contributed by atoms with E-state index in [1.54, 1.807) is 24.3 Å². The average Bonchev–Trinajstić information content (AvgIpc) is 2.83. The second-order valence-corrected chi connectivity index (χ2v) is 6.74. The van der Waals surface area contributed by atoms with Gasteiger partial charge in [0.05, 0.1) is 22.0 Å². The van der Waals surface area contributed by atoms with Gasteiger partial charge in [-0.2, -0.15) is 5.26 Å². The molecular weight excluding hydrogens is 327 g/mol. The van der Waals surface area contributed by atoms with E-state index < -0.39 is 5.41 Å². The minimum atomic E-state index is -0.550. The minimum Gasteiger partial charge on any atom is -0.507 e. The summed E-state index contributed by atoms with van der Waals surface area (Å²) < 4.78 is 15.2. The van der Waals surface area contributed by atoms with Crippen molar-refractivity contribution in [3.05, 3.63) is 59.0 Å². The predicted octanol–water partition coefficient (Wildman–Crippen LogP) is 5.32. The van der Waals surface area contributed by atoms with Crippen molar-refractivity contribution >= 4 is 22.5 Å². The fourth-order valence-electron chi connectivity index (χ4n) is 3.02. The highest BCUT2D eigenvalue weighted by Crippen LogP contribution is 2.44. The Balaban J connectivity index is 2.44. The SMILES string of the molecule is CC(C)(CC#N)c1c(Cl)c2c(O)cccc2n1-c1ccc(F)cc1. The lowest BCUT2D eigenvalue weighted by atomic mass is 9.86. The Bertz CT molecular complexity index is 952. The average molecular weight is 343 g/mol. The Morgan fingerprint density at radius 2 is 1.88 bits per heavy atom. The molecule has 3 rings (SSSR count). The maximum atomic E-state index is 13.3. The molecule has 24 heavy (non-hydrogen) atoms. The second kappa shape index (κ2) is 5.85. The Kier molecular flexibility index (Phi) is 3.98. The highest BCUT2D eigenvalue weighted by atomic mass is 35.5. The molecule has 2 aromatic carbocycles. The molecule has 5 heteroatoms. The van der Waals surface area contributed by atoms with Gasteiger partial charge in [-0.15, -0.1) is 0 Å². The molecule has 0 saturated heterocycles. The third-order valence-electron chi connectivity index (χ3n) is 4.16. The zero-order valence-corrected chi connectivity index (χ0v) is 14.1. The van der Waals surface area contributed by atoms with E-state index in [0.717, 1.165) is 5.69 Å². The number of hydrogen-bond acceptors (Lipinski definition) is 2. The molecule has 0 spiro atoms. The smallest absolute Gasteiger partial charge is 0.126 e. The van der Waals surface area contributed by atoms with Gasteiger partial charge in [-0.1, -0.05) is 31.5 Å². The van der Waals surface area contributed by atoms with Crippen molar-refractivity contribution in [3.8, 4) is 17.5 Å². The largest absolute Gasteiger partial charge is 0.507 e. The Hall–Kier alpha value is -2.51. The topological polar surface area (TPSA) is 48.9 Å². The summed E-state index contributed by atoms with van der Waals surface area (Å²) >= 11 is 6.60. The van der Waals surface area contributed by atoms with Crippen LogP contribution < -0.4 is 0 Å². The summed E-state index contributed by atoms with van der Waals surface area (Å²) in [6, 6.07) is 13.4. The van der Waals surface area contributed by atoms with Crippen LogP contribution in [0.4, 0.5) is 4.39 Å². The summed E-state index contributed by atoms with van der Waals surface area (Å²) in [7, 11) is 0. The first kappa shape index (κ1) is 16.4. The van der Waals surface area contributed by atoms with Crippen molar-refractivity contribution in [2.24, 2.45) is 0 Å². The Labute approximate surface area is 144 Å².